The zero-order valence-electron chi connectivity index (χ0n) is 10.6. The van der Waals surface area contributed by atoms with Crippen LogP contribution in [0.2, 0.25) is 5.02 Å². The van der Waals surface area contributed by atoms with Gasteiger partial charge in [-0.3, -0.25) is 0 Å². The Morgan fingerprint density at radius 3 is 2.65 bits per heavy atom. The van der Waals surface area contributed by atoms with Crippen LogP contribution in [-0.2, 0) is 0 Å². The van der Waals surface area contributed by atoms with Crippen molar-refractivity contribution < 1.29 is 0 Å². The van der Waals surface area contributed by atoms with Crippen LogP contribution in [0.4, 0.5) is 5.69 Å². The SMILES string of the molecule is CC1CC(C)(C)CC1Nc1cccc(Cl)c1Br. The summed E-state index contributed by atoms with van der Waals surface area (Å²) >= 11 is 9.65. The quantitative estimate of drug-likeness (QED) is 0.776. The lowest BCUT2D eigenvalue weighted by atomic mass is 9.91. The highest BCUT2D eigenvalue weighted by Gasteiger charge is 2.36. The predicted octanol–water partition coefficient (Wildman–Crippen LogP) is 5.34. The maximum Gasteiger partial charge on any atom is 0.0593 e. The second kappa shape index (κ2) is 4.81. The fourth-order valence-corrected chi connectivity index (χ4v) is 3.46. The molecule has 1 aromatic rings. The van der Waals surface area contributed by atoms with Crippen molar-refractivity contribution in [1.29, 1.82) is 0 Å². The maximum atomic E-state index is 6.10. The normalized spacial score (nSPS) is 27.1. The Labute approximate surface area is 117 Å². The molecule has 1 saturated carbocycles. The maximum absolute atomic E-state index is 6.10. The summed E-state index contributed by atoms with van der Waals surface area (Å²) in [6, 6.07) is 6.51. The van der Waals surface area contributed by atoms with Crippen molar-refractivity contribution in [1.82, 2.24) is 0 Å². The van der Waals surface area contributed by atoms with Gasteiger partial charge in [0.25, 0.3) is 0 Å². The molecule has 2 unspecified atom stereocenters. The van der Waals surface area contributed by atoms with Gasteiger partial charge in [0.05, 0.1) is 15.2 Å². The van der Waals surface area contributed by atoms with Crippen molar-refractivity contribution in [2.45, 2.75) is 39.7 Å². The Morgan fingerprint density at radius 1 is 1.35 bits per heavy atom. The molecule has 1 aromatic carbocycles. The molecule has 0 aliphatic heterocycles. The van der Waals surface area contributed by atoms with Crippen molar-refractivity contribution >= 4 is 33.2 Å². The topological polar surface area (TPSA) is 12.0 Å². The van der Waals surface area contributed by atoms with Crippen molar-refractivity contribution in [3.63, 3.8) is 0 Å². The summed E-state index contributed by atoms with van der Waals surface area (Å²) in [4.78, 5) is 0. The summed E-state index contributed by atoms with van der Waals surface area (Å²) in [6.45, 7) is 7.02. The molecule has 0 saturated heterocycles. The first kappa shape index (κ1) is 13.2. The molecule has 17 heavy (non-hydrogen) atoms. The van der Waals surface area contributed by atoms with Crippen LogP contribution in [0.3, 0.4) is 0 Å². The number of anilines is 1. The predicted molar refractivity (Wildman–Crippen MR) is 78.7 cm³/mol. The number of benzene rings is 1. The molecule has 0 spiro atoms. The van der Waals surface area contributed by atoms with E-state index in [2.05, 4.69) is 48.1 Å². The number of nitrogens with one attached hydrogen (secondary N) is 1. The fraction of sp³-hybridized carbons (Fsp3) is 0.571. The minimum absolute atomic E-state index is 0.447. The molecule has 0 aromatic heterocycles. The zero-order chi connectivity index (χ0) is 12.6. The van der Waals surface area contributed by atoms with Crippen LogP contribution in [0.15, 0.2) is 22.7 Å². The van der Waals surface area contributed by atoms with E-state index in [0.717, 1.165) is 15.2 Å². The van der Waals surface area contributed by atoms with Crippen LogP contribution in [0.25, 0.3) is 0 Å². The first-order valence-electron chi connectivity index (χ1n) is 6.09. The van der Waals surface area contributed by atoms with Crippen LogP contribution in [-0.4, -0.2) is 6.04 Å². The Hall–Kier alpha value is -0.210. The fourth-order valence-electron chi connectivity index (χ4n) is 2.90. The Kier molecular flexibility index (Phi) is 3.74. The van der Waals surface area contributed by atoms with Crippen molar-refractivity contribution in [3.05, 3.63) is 27.7 Å². The molecule has 0 bridgehead atoms. The van der Waals surface area contributed by atoms with Crippen LogP contribution in [0.5, 0.6) is 0 Å². The molecule has 2 rings (SSSR count). The molecule has 0 amide bonds. The van der Waals surface area contributed by atoms with E-state index >= 15 is 0 Å². The third-order valence-corrected chi connectivity index (χ3v) is 5.02. The number of hydrogen-bond acceptors (Lipinski definition) is 1. The monoisotopic (exact) mass is 315 g/mol. The second-order valence-corrected chi connectivity index (χ2v) is 7.10. The van der Waals surface area contributed by atoms with E-state index in [1.54, 1.807) is 0 Å². The van der Waals surface area contributed by atoms with E-state index in [9.17, 15) is 0 Å². The summed E-state index contributed by atoms with van der Waals surface area (Å²) in [5, 5.41) is 4.39. The van der Waals surface area contributed by atoms with Gasteiger partial charge >= 0.3 is 0 Å². The van der Waals surface area contributed by atoms with Gasteiger partial charge in [-0.1, -0.05) is 38.4 Å². The standard InChI is InChI=1S/C14H19BrClN/c1-9-7-14(2,3)8-12(9)17-11-6-4-5-10(16)13(11)15/h4-6,9,12,17H,7-8H2,1-3H3. The van der Waals surface area contributed by atoms with Crippen molar-refractivity contribution in [2.75, 3.05) is 5.32 Å². The number of rotatable bonds is 2. The van der Waals surface area contributed by atoms with Crippen LogP contribution >= 0.6 is 27.5 Å². The highest BCUT2D eigenvalue weighted by atomic mass is 79.9. The van der Waals surface area contributed by atoms with E-state index in [1.807, 2.05) is 12.1 Å². The largest absolute Gasteiger partial charge is 0.381 e. The molecule has 3 heteroatoms. The average Bonchev–Trinajstić information content (AvgIpc) is 2.47. The second-order valence-electron chi connectivity index (χ2n) is 5.90. The smallest absolute Gasteiger partial charge is 0.0593 e. The van der Waals surface area contributed by atoms with E-state index in [4.69, 9.17) is 11.6 Å². The lowest BCUT2D eigenvalue weighted by Crippen LogP contribution is -2.22. The van der Waals surface area contributed by atoms with Gasteiger partial charge < -0.3 is 5.32 Å². The average molecular weight is 317 g/mol. The van der Waals surface area contributed by atoms with Gasteiger partial charge in [-0.25, -0.2) is 0 Å². The van der Waals surface area contributed by atoms with Gasteiger partial charge in [-0.15, -0.1) is 0 Å². The number of hydrogen-bond donors (Lipinski definition) is 1. The van der Waals surface area contributed by atoms with Gasteiger partial charge in [0.2, 0.25) is 0 Å². The summed E-state index contributed by atoms with van der Waals surface area (Å²) in [7, 11) is 0. The van der Waals surface area contributed by atoms with Crippen molar-refractivity contribution in [2.24, 2.45) is 11.3 Å². The zero-order valence-corrected chi connectivity index (χ0v) is 12.9. The summed E-state index contributed by atoms with van der Waals surface area (Å²) in [6.07, 6.45) is 2.50. The van der Waals surface area contributed by atoms with Crippen LogP contribution in [0.1, 0.15) is 33.6 Å². The van der Waals surface area contributed by atoms with E-state index < -0.39 is 0 Å². The third kappa shape index (κ3) is 2.97. The lowest BCUT2D eigenvalue weighted by molar-refractivity contribution is 0.366. The molecule has 1 fully saturated rings. The van der Waals surface area contributed by atoms with E-state index in [0.29, 0.717) is 17.4 Å². The Balaban J connectivity index is 2.14. The minimum atomic E-state index is 0.447. The molecular formula is C14H19BrClN. The first-order valence-corrected chi connectivity index (χ1v) is 7.27. The molecule has 1 N–H and O–H groups in total. The first-order chi connectivity index (χ1) is 7.89. The van der Waals surface area contributed by atoms with Gasteiger partial charge in [0.15, 0.2) is 0 Å². The van der Waals surface area contributed by atoms with Gasteiger partial charge in [0, 0.05) is 6.04 Å². The Morgan fingerprint density at radius 2 is 2.06 bits per heavy atom. The summed E-state index contributed by atoms with van der Waals surface area (Å²) in [5.74, 6) is 0.705. The molecule has 0 radical (unpaired) electrons. The van der Waals surface area contributed by atoms with Crippen LogP contribution < -0.4 is 5.32 Å². The van der Waals surface area contributed by atoms with Gasteiger partial charge in [-0.05, 0) is 52.2 Å². The highest BCUT2D eigenvalue weighted by Crippen LogP contribution is 2.43. The highest BCUT2D eigenvalue weighted by molar-refractivity contribution is 9.10. The Bertz CT molecular complexity index is 417. The molecule has 1 aliphatic rings. The molecule has 94 valence electrons. The summed E-state index contributed by atoms with van der Waals surface area (Å²) in [5.41, 5.74) is 1.55. The van der Waals surface area contributed by atoms with Crippen LogP contribution in [0, 0.1) is 11.3 Å². The molecular weight excluding hydrogens is 298 g/mol. The minimum Gasteiger partial charge on any atom is -0.381 e. The molecule has 1 aliphatic carbocycles. The summed E-state index contributed by atoms with van der Waals surface area (Å²) < 4.78 is 0.971. The van der Waals surface area contributed by atoms with Gasteiger partial charge in [0.1, 0.15) is 0 Å². The third-order valence-electron chi connectivity index (χ3n) is 3.63. The van der Waals surface area contributed by atoms with E-state index in [-0.39, 0.29) is 0 Å². The lowest BCUT2D eigenvalue weighted by Gasteiger charge is -2.21. The number of halogens is 2. The molecule has 2 atom stereocenters. The van der Waals surface area contributed by atoms with E-state index in [1.165, 1.54) is 12.8 Å². The van der Waals surface area contributed by atoms with Crippen molar-refractivity contribution in [3.8, 4) is 0 Å². The molecule has 1 nitrogen and oxygen atoms in total. The molecule has 0 heterocycles. The van der Waals surface area contributed by atoms with Gasteiger partial charge in [-0.2, -0.15) is 0 Å².